The lowest BCUT2D eigenvalue weighted by Gasteiger charge is -2.10. The second-order valence-electron chi connectivity index (χ2n) is 4.73. The first-order valence-electron chi connectivity index (χ1n) is 6.99. The molecule has 0 saturated carbocycles. The van der Waals surface area contributed by atoms with Crippen molar-refractivity contribution in [2.24, 2.45) is 0 Å². The number of nitrogens with two attached hydrogens (primary N) is 1. The number of ether oxygens (including phenoxy) is 1. The molecule has 1 aromatic carbocycles. The number of benzene rings is 1. The maximum atomic E-state index is 12.0. The summed E-state index contributed by atoms with van der Waals surface area (Å²) in [5.41, 5.74) is 8.41. The van der Waals surface area contributed by atoms with Crippen molar-refractivity contribution in [1.82, 2.24) is 4.57 Å². The van der Waals surface area contributed by atoms with Crippen LogP contribution in [-0.4, -0.2) is 17.1 Å². The third kappa shape index (κ3) is 2.48. The topological polar surface area (TPSA) is 70.4 Å². The number of furan rings is 1. The molecule has 0 aliphatic heterocycles. The lowest BCUT2D eigenvalue weighted by Crippen LogP contribution is -2.12. The van der Waals surface area contributed by atoms with Crippen LogP contribution in [0.5, 0.6) is 0 Å². The first-order chi connectivity index (χ1) is 10.7. The molecule has 0 aliphatic rings. The molecular formula is C17H16N2O3. The molecule has 2 aromatic heterocycles. The highest BCUT2D eigenvalue weighted by Gasteiger charge is 2.17. The fraction of sp³-hybridized carbons (Fsp3) is 0.118. The van der Waals surface area contributed by atoms with E-state index in [1.54, 1.807) is 30.0 Å². The van der Waals surface area contributed by atoms with Gasteiger partial charge >= 0.3 is 5.97 Å². The number of hydrogen-bond donors (Lipinski definition) is 1. The number of carbonyl (C=O) groups is 1. The van der Waals surface area contributed by atoms with Crippen LogP contribution in [0.15, 0.2) is 59.3 Å². The molecule has 0 radical (unpaired) electrons. The number of carbonyl (C=O) groups excluding carboxylic acids is 1. The Morgan fingerprint density at radius 3 is 2.64 bits per heavy atom. The van der Waals surface area contributed by atoms with Gasteiger partial charge in [-0.1, -0.05) is 0 Å². The van der Waals surface area contributed by atoms with Crippen LogP contribution in [-0.2, 0) is 4.74 Å². The summed E-state index contributed by atoms with van der Waals surface area (Å²) in [7, 11) is 0. The van der Waals surface area contributed by atoms with Gasteiger partial charge in [-0.15, -0.1) is 0 Å². The van der Waals surface area contributed by atoms with Crippen LogP contribution in [0.25, 0.3) is 17.0 Å². The summed E-state index contributed by atoms with van der Waals surface area (Å²) in [4.78, 5) is 12.0. The van der Waals surface area contributed by atoms with E-state index < -0.39 is 5.97 Å². The third-order valence-corrected chi connectivity index (χ3v) is 3.34. The van der Waals surface area contributed by atoms with Crippen molar-refractivity contribution < 1.29 is 13.9 Å². The van der Waals surface area contributed by atoms with Crippen molar-refractivity contribution in [1.29, 1.82) is 0 Å². The summed E-state index contributed by atoms with van der Waals surface area (Å²) in [5.74, 6) is 0.365. The first-order valence-corrected chi connectivity index (χ1v) is 6.99. The van der Waals surface area contributed by atoms with Gasteiger partial charge in [-0.2, -0.15) is 0 Å². The smallest absolute Gasteiger partial charge is 0.357 e. The number of anilines is 1. The molecule has 22 heavy (non-hydrogen) atoms. The summed E-state index contributed by atoms with van der Waals surface area (Å²) in [5, 5.41) is 0. The summed E-state index contributed by atoms with van der Waals surface area (Å²) in [6.07, 6.45) is 3.39. The lowest BCUT2D eigenvalue weighted by atomic mass is 10.1. The Bertz CT molecular complexity index is 771. The first kappa shape index (κ1) is 14.0. The van der Waals surface area contributed by atoms with E-state index in [2.05, 4.69) is 0 Å². The quantitative estimate of drug-likeness (QED) is 0.748. The standard InChI is InChI=1S/C17H16N2O3/c1-2-21-17(20)16-14(18)9-10-19(16)13-7-5-12(6-8-13)15-4-3-11-22-15/h3-11H,2,18H2,1H3. The van der Waals surface area contributed by atoms with Crippen LogP contribution in [0.1, 0.15) is 17.4 Å². The van der Waals surface area contributed by atoms with Gasteiger partial charge in [0.2, 0.25) is 0 Å². The van der Waals surface area contributed by atoms with E-state index in [1.165, 1.54) is 0 Å². The molecule has 0 bridgehead atoms. The fourth-order valence-corrected chi connectivity index (χ4v) is 2.31. The Balaban J connectivity index is 1.96. The molecule has 0 fully saturated rings. The minimum Gasteiger partial charge on any atom is -0.464 e. The van der Waals surface area contributed by atoms with E-state index in [0.29, 0.717) is 18.0 Å². The van der Waals surface area contributed by atoms with Gasteiger partial charge in [0, 0.05) is 17.4 Å². The Labute approximate surface area is 127 Å². The van der Waals surface area contributed by atoms with Crippen molar-refractivity contribution in [3.8, 4) is 17.0 Å². The highest BCUT2D eigenvalue weighted by molar-refractivity contribution is 5.94. The van der Waals surface area contributed by atoms with Gasteiger partial charge in [-0.25, -0.2) is 4.79 Å². The Hall–Kier alpha value is -2.95. The molecule has 3 rings (SSSR count). The number of nitrogens with zero attached hydrogens (tertiary/aromatic N) is 1. The van der Waals surface area contributed by atoms with Gasteiger partial charge in [0.05, 0.1) is 18.6 Å². The fourth-order valence-electron chi connectivity index (χ4n) is 2.31. The SMILES string of the molecule is CCOC(=O)c1c(N)ccn1-c1ccc(-c2ccco2)cc1. The van der Waals surface area contributed by atoms with Gasteiger partial charge in [-0.3, -0.25) is 0 Å². The maximum Gasteiger partial charge on any atom is 0.357 e. The molecule has 0 spiro atoms. The molecule has 3 aromatic rings. The van der Waals surface area contributed by atoms with Gasteiger partial charge < -0.3 is 19.5 Å². The predicted molar refractivity (Wildman–Crippen MR) is 83.8 cm³/mol. The zero-order valence-corrected chi connectivity index (χ0v) is 12.2. The average Bonchev–Trinajstić information content (AvgIpc) is 3.17. The molecule has 0 atom stereocenters. The number of hydrogen-bond acceptors (Lipinski definition) is 4. The molecule has 5 nitrogen and oxygen atoms in total. The average molecular weight is 296 g/mol. The van der Waals surface area contributed by atoms with Crippen LogP contribution in [0.2, 0.25) is 0 Å². The van der Waals surface area contributed by atoms with E-state index in [4.69, 9.17) is 14.9 Å². The summed E-state index contributed by atoms with van der Waals surface area (Å²) >= 11 is 0. The Morgan fingerprint density at radius 2 is 2.00 bits per heavy atom. The summed E-state index contributed by atoms with van der Waals surface area (Å²) < 4.78 is 12.1. The molecule has 0 amide bonds. The summed E-state index contributed by atoms with van der Waals surface area (Å²) in [6.45, 7) is 2.07. The van der Waals surface area contributed by atoms with Crippen LogP contribution in [0.4, 0.5) is 5.69 Å². The molecule has 5 heteroatoms. The van der Waals surface area contributed by atoms with Crippen LogP contribution in [0.3, 0.4) is 0 Å². The van der Waals surface area contributed by atoms with Crippen LogP contribution < -0.4 is 5.73 Å². The zero-order valence-electron chi connectivity index (χ0n) is 12.2. The molecule has 0 aliphatic carbocycles. The number of nitrogen functional groups attached to an aromatic ring is 1. The van der Waals surface area contributed by atoms with E-state index in [-0.39, 0.29) is 0 Å². The van der Waals surface area contributed by atoms with Gasteiger partial charge in [0.15, 0.2) is 5.69 Å². The van der Waals surface area contributed by atoms with Gasteiger partial charge in [0.25, 0.3) is 0 Å². The molecular weight excluding hydrogens is 280 g/mol. The van der Waals surface area contributed by atoms with Crippen molar-refractivity contribution in [3.05, 3.63) is 60.6 Å². The minimum absolute atomic E-state index is 0.306. The van der Waals surface area contributed by atoms with Crippen molar-refractivity contribution >= 4 is 11.7 Å². The molecule has 2 N–H and O–H groups in total. The monoisotopic (exact) mass is 296 g/mol. The van der Waals surface area contributed by atoms with Crippen LogP contribution >= 0.6 is 0 Å². The molecule has 0 unspecified atom stereocenters. The number of aromatic nitrogens is 1. The zero-order chi connectivity index (χ0) is 15.5. The van der Waals surface area contributed by atoms with Crippen molar-refractivity contribution in [2.45, 2.75) is 6.92 Å². The summed E-state index contributed by atoms with van der Waals surface area (Å²) in [6, 6.07) is 13.1. The van der Waals surface area contributed by atoms with Crippen molar-refractivity contribution in [3.63, 3.8) is 0 Å². The van der Waals surface area contributed by atoms with E-state index >= 15 is 0 Å². The predicted octanol–water partition coefficient (Wildman–Crippen LogP) is 3.50. The van der Waals surface area contributed by atoms with Crippen LogP contribution in [0, 0.1) is 0 Å². The molecule has 0 saturated heterocycles. The second-order valence-corrected chi connectivity index (χ2v) is 4.73. The van der Waals surface area contributed by atoms with Crippen molar-refractivity contribution in [2.75, 3.05) is 12.3 Å². The largest absolute Gasteiger partial charge is 0.464 e. The van der Waals surface area contributed by atoms with E-state index in [9.17, 15) is 4.79 Å². The molecule has 2 heterocycles. The number of rotatable bonds is 4. The maximum absolute atomic E-state index is 12.0. The normalized spacial score (nSPS) is 10.6. The number of esters is 1. The highest BCUT2D eigenvalue weighted by Crippen LogP contribution is 2.24. The van der Waals surface area contributed by atoms with E-state index in [0.717, 1.165) is 17.0 Å². The van der Waals surface area contributed by atoms with E-state index in [1.807, 2.05) is 36.4 Å². The van der Waals surface area contributed by atoms with Gasteiger partial charge in [0.1, 0.15) is 5.76 Å². The van der Waals surface area contributed by atoms with Gasteiger partial charge in [-0.05, 0) is 49.4 Å². The Morgan fingerprint density at radius 1 is 1.23 bits per heavy atom. The molecule has 112 valence electrons. The second kappa shape index (κ2) is 5.81. The Kier molecular flexibility index (Phi) is 3.70. The lowest BCUT2D eigenvalue weighted by molar-refractivity contribution is 0.0518. The highest BCUT2D eigenvalue weighted by atomic mass is 16.5. The minimum atomic E-state index is -0.430. The third-order valence-electron chi connectivity index (χ3n) is 3.34.